The van der Waals surface area contributed by atoms with Crippen molar-refractivity contribution in [3.8, 4) is 0 Å². The number of nitrogens with zero attached hydrogens (tertiary/aromatic N) is 1. The number of alkyl halides is 7. The van der Waals surface area contributed by atoms with E-state index in [0.717, 1.165) is 12.1 Å². The van der Waals surface area contributed by atoms with Crippen molar-refractivity contribution in [1.82, 2.24) is 0 Å². The van der Waals surface area contributed by atoms with Gasteiger partial charge in [0.15, 0.2) is 0 Å². The average molecular weight is 324 g/mol. The molecule has 106 valence electrons. The first-order valence-electron chi connectivity index (χ1n) is 4.63. The third-order valence-corrected chi connectivity index (χ3v) is 2.61. The Balaban J connectivity index is 2.96. The van der Waals surface area contributed by atoms with Gasteiger partial charge in [-0.15, -0.1) is 0 Å². The van der Waals surface area contributed by atoms with E-state index >= 15 is 0 Å². The van der Waals surface area contributed by atoms with Crippen molar-refractivity contribution in [3.05, 3.63) is 35.4 Å². The molecule has 0 saturated carbocycles. The lowest BCUT2D eigenvalue weighted by atomic mass is 10.1. The first-order valence-corrected chi connectivity index (χ1v) is 5.45. The summed E-state index contributed by atoms with van der Waals surface area (Å²) >= 11 is 10.4. The van der Waals surface area contributed by atoms with Crippen LogP contribution in [0.25, 0.3) is 0 Å². The molecule has 19 heavy (non-hydrogen) atoms. The van der Waals surface area contributed by atoms with Gasteiger partial charge in [0.05, 0.1) is 5.56 Å². The highest BCUT2D eigenvalue weighted by molar-refractivity contribution is 6.69. The van der Waals surface area contributed by atoms with Gasteiger partial charge in [0.25, 0.3) is 0 Å². The van der Waals surface area contributed by atoms with Gasteiger partial charge in [0, 0.05) is 5.56 Å². The van der Waals surface area contributed by atoms with E-state index in [-0.39, 0.29) is 5.56 Å². The van der Waals surface area contributed by atoms with E-state index in [1.54, 1.807) is 0 Å². The molecule has 1 nitrogen and oxygen atoms in total. The predicted octanol–water partition coefficient (Wildman–Crippen LogP) is 4.82. The zero-order valence-corrected chi connectivity index (χ0v) is 10.4. The van der Waals surface area contributed by atoms with E-state index in [9.17, 15) is 26.3 Å². The van der Waals surface area contributed by atoms with Gasteiger partial charge in [0.2, 0.25) is 5.50 Å². The second-order valence-electron chi connectivity index (χ2n) is 3.37. The topological polar surface area (TPSA) is 12.4 Å². The van der Waals surface area contributed by atoms with Crippen LogP contribution >= 0.6 is 23.2 Å². The largest absolute Gasteiger partial charge is 0.424 e. The molecule has 1 aromatic rings. The van der Waals surface area contributed by atoms with Crippen LogP contribution in [-0.2, 0) is 6.18 Å². The summed E-state index contributed by atoms with van der Waals surface area (Å²) in [6, 6.07) is 3.19. The maximum absolute atomic E-state index is 12.3. The van der Waals surface area contributed by atoms with E-state index in [0.29, 0.717) is 12.1 Å². The van der Waals surface area contributed by atoms with Crippen molar-refractivity contribution in [3.63, 3.8) is 0 Å². The molecule has 0 aliphatic heterocycles. The van der Waals surface area contributed by atoms with E-state index in [2.05, 4.69) is 4.99 Å². The molecule has 0 heterocycles. The lowest BCUT2D eigenvalue weighted by Gasteiger charge is -2.10. The monoisotopic (exact) mass is 323 g/mol. The lowest BCUT2D eigenvalue weighted by Crippen LogP contribution is -2.22. The highest BCUT2D eigenvalue weighted by Gasteiger charge is 2.38. The zero-order valence-electron chi connectivity index (χ0n) is 8.86. The molecule has 0 spiro atoms. The van der Waals surface area contributed by atoms with Gasteiger partial charge in [-0.25, -0.2) is 4.99 Å². The maximum atomic E-state index is 12.3. The number of halogens is 8. The van der Waals surface area contributed by atoms with Crippen LogP contribution in [0.1, 0.15) is 11.1 Å². The van der Waals surface area contributed by atoms with Gasteiger partial charge in [-0.3, -0.25) is 0 Å². The van der Waals surface area contributed by atoms with E-state index in [4.69, 9.17) is 23.2 Å². The minimum absolute atomic E-state index is 0.0930. The van der Waals surface area contributed by atoms with Crippen LogP contribution in [-0.4, -0.2) is 16.8 Å². The summed E-state index contributed by atoms with van der Waals surface area (Å²) in [5, 5.41) is -0.619. The summed E-state index contributed by atoms with van der Waals surface area (Å²) in [5.41, 5.74) is -3.59. The molecule has 1 rings (SSSR count). The second-order valence-corrected chi connectivity index (χ2v) is 4.14. The molecule has 0 amide bonds. The molecule has 1 unspecified atom stereocenters. The third kappa shape index (κ3) is 4.58. The smallest absolute Gasteiger partial charge is 0.243 e. The standard InChI is InChI=1S/C10H5Cl2F6N/c11-7(19-8(12)10(16,17)18)5-1-3-6(4-2-5)9(13,14)15/h1-4,8H/b19-7-. The Labute approximate surface area is 113 Å². The summed E-state index contributed by atoms with van der Waals surface area (Å²) in [5.74, 6) is 0. The molecule has 0 aromatic heterocycles. The zero-order chi connectivity index (χ0) is 14.8. The Kier molecular flexibility index (Phi) is 4.73. The Morgan fingerprint density at radius 2 is 1.47 bits per heavy atom. The maximum Gasteiger partial charge on any atom is 0.424 e. The fourth-order valence-electron chi connectivity index (χ4n) is 1.04. The van der Waals surface area contributed by atoms with Gasteiger partial charge in [0.1, 0.15) is 5.17 Å². The first kappa shape index (κ1) is 16.1. The van der Waals surface area contributed by atoms with Crippen LogP contribution in [0.3, 0.4) is 0 Å². The van der Waals surface area contributed by atoms with Gasteiger partial charge in [-0.05, 0) is 12.1 Å². The van der Waals surface area contributed by atoms with Crippen LogP contribution < -0.4 is 0 Å². The summed E-state index contributed by atoms with van der Waals surface area (Å²) < 4.78 is 73.1. The number of benzene rings is 1. The van der Waals surface area contributed by atoms with Crippen LogP contribution in [0, 0.1) is 0 Å². The quantitative estimate of drug-likeness (QED) is 0.320. The first-order chi connectivity index (χ1) is 8.51. The molecule has 0 N–H and O–H groups in total. The van der Waals surface area contributed by atoms with Gasteiger partial charge >= 0.3 is 12.4 Å². The lowest BCUT2D eigenvalue weighted by molar-refractivity contribution is -0.137. The van der Waals surface area contributed by atoms with Crippen molar-refractivity contribution in [2.45, 2.75) is 17.9 Å². The minimum atomic E-state index is -4.78. The Bertz CT molecular complexity index is 462. The summed E-state index contributed by atoms with van der Waals surface area (Å²) in [4.78, 5) is 2.95. The summed E-state index contributed by atoms with van der Waals surface area (Å²) in [6.45, 7) is 0. The van der Waals surface area contributed by atoms with Crippen molar-refractivity contribution in [2.24, 2.45) is 4.99 Å². The third-order valence-electron chi connectivity index (χ3n) is 1.95. The Morgan fingerprint density at radius 3 is 1.84 bits per heavy atom. The van der Waals surface area contributed by atoms with Crippen molar-refractivity contribution < 1.29 is 26.3 Å². The van der Waals surface area contributed by atoms with Crippen molar-refractivity contribution in [2.75, 3.05) is 0 Å². The molecule has 1 aromatic carbocycles. The fraction of sp³-hybridized carbons (Fsp3) is 0.300. The van der Waals surface area contributed by atoms with Crippen LogP contribution in [0.4, 0.5) is 26.3 Å². The minimum Gasteiger partial charge on any atom is -0.243 e. The van der Waals surface area contributed by atoms with E-state index in [1.165, 1.54) is 0 Å². The van der Waals surface area contributed by atoms with Gasteiger partial charge in [-0.2, -0.15) is 26.3 Å². The number of rotatable bonds is 2. The highest BCUT2D eigenvalue weighted by Crippen LogP contribution is 2.30. The molecule has 0 radical (unpaired) electrons. The molecular weight excluding hydrogens is 319 g/mol. The van der Waals surface area contributed by atoms with Gasteiger partial charge in [-0.1, -0.05) is 35.3 Å². The van der Waals surface area contributed by atoms with Gasteiger partial charge < -0.3 is 0 Å². The molecule has 0 bridgehead atoms. The summed E-state index contributed by atoms with van der Waals surface area (Å²) in [6.07, 6.45) is -9.32. The normalized spacial score (nSPS) is 15.5. The van der Waals surface area contributed by atoms with Crippen LogP contribution in [0.5, 0.6) is 0 Å². The SMILES string of the molecule is FC(F)(F)c1ccc(/C(Cl)=N/C(Cl)C(F)(F)F)cc1. The number of aliphatic imine (C=N–C) groups is 1. The highest BCUT2D eigenvalue weighted by atomic mass is 35.5. The average Bonchev–Trinajstić information content (AvgIpc) is 2.26. The Hall–Kier alpha value is -0.950. The molecule has 0 aliphatic rings. The molecule has 0 fully saturated rings. The molecule has 0 aliphatic carbocycles. The summed E-state index contributed by atoms with van der Waals surface area (Å²) in [7, 11) is 0. The molecule has 1 atom stereocenters. The predicted molar refractivity (Wildman–Crippen MR) is 59.5 cm³/mol. The fourth-order valence-corrected chi connectivity index (χ4v) is 1.42. The van der Waals surface area contributed by atoms with E-state index < -0.39 is 28.6 Å². The van der Waals surface area contributed by atoms with Crippen molar-refractivity contribution in [1.29, 1.82) is 0 Å². The van der Waals surface area contributed by atoms with Crippen LogP contribution in [0.2, 0.25) is 0 Å². The Morgan fingerprint density at radius 1 is 1.00 bits per heavy atom. The van der Waals surface area contributed by atoms with E-state index in [1.807, 2.05) is 0 Å². The van der Waals surface area contributed by atoms with Crippen LogP contribution in [0.15, 0.2) is 29.3 Å². The molecular formula is C10H5Cl2F6N. The number of hydrogen-bond donors (Lipinski definition) is 0. The second kappa shape index (κ2) is 5.58. The molecule has 9 heteroatoms. The molecule has 0 saturated heterocycles. The number of hydrogen-bond acceptors (Lipinski definition) is 1. The van der Waals surface area contributed by atoms with Crippen molar-refractivity contribution >= 4 is 28.4 Å².